The number of anilines is 1. The number of hydrogen-bond donors (Lipinski definition) is 0. The number of piperazine rings is 1. The average Bonchev–Trinajstić information content (AvgIpc) is 2.78. The zero-order chi connectivity index (χ0) is 21.1. The van der Waals surface area contributed by atoms with E-state index in [2.05, 4.69) is 25.8 Å². The standard InChI is InChI=1S/C24H28N4O2/c1-3-18-12-22-19(13-24(18)30)11-17(14-25-22)16-27-7-9-28(10-8-27)20-5-6-21(26-15-20)23(29)4-2/h5-6,11-12,14-15H,3-4,7-10,13,16H2,1-2H3. The van der Waals surface area contributed by atoms with Crippen molar-refractivity contribution in [3.8, 4) is 0 Å². The summed E-state index contributed by atoms with van der Waals surface area (Å²) in [6.07, 6.45) is 7.40. The lowest BCUT2D eigenvalue weighted by atomic mass is 9.92. The van der Waals surface area contributed by atoms with Crippen LogP contribution in [0.25, 0.3) is 6.08 Å². The quantitative estimate of drug-likeness (QED) is 0.688. The van der Waals surface area contributed by atoms with E-state index in [4.69, 9.17) is 0 Å². The third-order valence-corrected chi connectivity index (χ3v) is 5.96. The third kappa shape index (κ3) is 4.33. The minimum Gasteiger partial charge on any atom is -0.368 e. The number of fused-ring (bicyclic) bond motifs is 1. The Bertz CT molecular complexity index is 973. The maximum Gasteiger partial charge on any atom is 0.180 e. The molecule has 0 spiro atoms. The van der Waals surface area contributed by atoms with Crippen LogP contribution in [-0.2, 0) is 17.8 Å². The molecule has 1 aliphatic heterocycles. The molecule has 0 radical (unpaired) electrons. The molecule has 6 heteroatoms. The maximum atomic E-state index is 12.2. The van der Waals surface area contributed by atoms with Gasteiger partial charge in [-0.05, 0) is 41.3 Å². The van der Waals surface area contributed by atoms with Crippen molar-refractivity contribution >= 4 is 23.3 Å². The van der Waals surface area contributed by atoms with Crippen molar-refractivity contribution < 1.29 is 9.59 Å². The highest BCUT2D eigenvalue weighted by molar-refractivity contribution is 6.03. The molecule has 2 aromatic rings. The minimum atomic E-state index is 0.0770. The van der Waals surface area contributed by atoms with E-state index in [1.54, 1.807) is 6.20 Å². The molecule has 2 aromatic heterocycles. The van der Waals surface area contributed by atoms with E-state index in [9.17, 15) is 9.59 Å². The predicted molar refractivity (Wildman–Crippen MR) is 118 cm³/mol. The van der Waals surface area contributed by atoms with E-state index in [0.717, 1.165) is 67.2 Å². The molecule has 0 aromatic carbocycles. The predicted octanol–water partition coefficient (Wildman–Crippen LogP) is 3.31. The maximum absolute atomic E-state index is 12.2. The van der Waals surface area contributed by atoms with Crippen LogP contribution in [-0.4, -0.2) is 52.6 Å². The summed E-state index contributed by atoms with van der Waals surface area (Å²) >= 11 is 0. The number of aromatic nitrogens is 2. The lowest BCUT2D eigenvalue weighted by Gasteiger charge is -2.36. The highest BCUT2D eigenvalue weighted by atomic mass is 16.1. The van der Waals surface area contributed by atoms with Crippen molar-refractivity contribution in [1.82, 2.24) is 14.9 Å². The van der Waals surface area contributed by atoms with E-state index in [1.165, 1.54) is 0 Å². The number of nitrogens with zero attached hydrogens (tertiary/aromatic N) is 4. The monoisotopic (exact) mass is 404 g/mol. The van der Waals surface area contributed by atoms with E-state index >= 15 is 0 Å². The fourth-order valence-corrected chi connectivity index (χ4v) is 4.10. The van der Waals surface area contributed by atoms with Crippen molar-refractivity contribution in [3.05, 3.63) is 58.7 Å². The van der Waals surface area contributed by atoms with Gasteiger partial charge >= 0.3 is 0 Å². The number of pyridine rings is 2. The fourth-order valence-electron chi connectivity index (χ4n) is 4.10. The molecule has 1 aliphatic carbocycles. The molecule has 0 N–H and O–H groups in total. The van der Waals surface area contributed by atoms with Crippen LogP contribution < -0.4 is 4.90 Å². The Morgan fingerprint density at radius 3 is 2.53 bits per heavy atom. The van der Waals surface area contributed by atoms with Crippen LogP contribution in [0.5, 0.6) is 0 Å². The second-order valence-electron chi connectivity index (χ2n) is 7.95. The molecule has 0 atom stereocenters. The summed E-state index contributed by atoms with van der Waals surface area (Å²) in [5.74, 6) is 0.297. The number of hydrogen-bond acceptors (Lipinski definition) is 6. The first-order valence-electron chi connectivity index (χ1n) is 10.8. The molecule has 0 bridgehead atoms. The summed E-state index contributed by atoms with van der Waals surface area (Å²) in [5, 5.41) is 0. The van der Waals surface area contributed by atoms with E-state index in [1.807, 2.05) is 38.3 Å². The van der Waals surface area contributed by atoms with Crippen molar-refractivity contribution in [2.24, 2.45) is 0 Å². The van der Waals surface area contributed by atoms with Crippen LogP contribution in [0.3, 0.4) is 0 Å². The van der Waals surface area contributed by atoms with Gasteiger partial charge in [0.2, 0.25) is 0 Å². The molecule has 30 heavy (non-hydrogen) atoms. The Morgan fingerprint density at radius 1 is 1.07 bits per heavy atom. The van der Waals surface area contributed by atoms with Crippen LogP contribution in [0.15, 0.2) is 36.2 Å². The number of rotatable bonds is 6. The van der Waals surface area contributed by atoms with Crippen LogP contribution in [0, 0.1) is 0 Å². The molecule has 4 rings (SSSR count). The van der Waals surface area contributed by atoms with Crippen molar-refractivity contribution in [3.63, 3.8) is 0 Å². The summed E-state index contributed by atoms with van der Waals surface area (Å²) in [4.78, 5) is 37.6. The Balaban J connectivity index is 1.35. The van der Waals surface area contributed by atoms with Crippen molar-refractivity contribution in [2.45, 2.75) is 39.7 Å². The zero-order valence-electron chi connectivity index (χ0n) is 17.7. The Labute approximate surface area is 177 Å². The summed E-state index contributed by atoms with van der Waals surface area (Å²) in [5.41, 5.74) is 5.63. The molecule has 6 nitrogen and oxygen atoms in total. The topological polar surface area (TPSA) is 66.4 Å². The Kier molecular flexibility index (Phi) is 6.04. The van der Waals surface area contributed by atoms with Gasteiger partial charge in [0, 0.05) is 51.8 Å². The number of carbonyl (C=O) groups excluding carboxylic acids is 2. The van der Waals surface area contributed by atoms with Gasteiger partial charge in [-0.2, -0.15) is 0 Å². The summed E-state index contributed by atoms with van der Waals surface area (Å²) < 4.78 is 0. The first-order valence-corrected chi connectivity index (χ1v) is 10.8. The molecule has 156 valence electrons. The van der Waals surface area contributed by atoms with Crippen LogP contribution in [0.4, 0.5) is 5.69 Å². The van der Waals surface area contributed by atoms with Gasteiger partial charge in [-0.15, -0.1) is 0 Å². The molecule has 1 fully saturated rings. The summed E-state index contributed by atoms with van der Waals surface area (Å²) in [6.45, 7) is 8.44. The van der Waals surface area contributed by atoms with Gasteiger partial charge < -0.3 is 4.90 Å². The normalized spacial score (nSPS) is 16.9. The van der Waals surface area contributed by atoms with Gasteiger partial charge in [0.15, 0.2) is 11.6 Å². The van der Waals surface area contributed by atoms with Gasteiger partial charge in [0.05, 0.1) is 17.6 Å². The first-order chi connectivity index (χ1) is 14.6. The number of allylic oxidation sites excluding steroid dienone is 1. The summed E-state index contributed by atoms with van der Waals surface area (Å²) in [7, 11) is 0. The number of carbonyl (C=O) groups is 2. The average molecular weight is 405 g/mol. The largest absolute Gasteiger partial charge is 0.368 e. The third-order valence-electron chi connectivity index (χ3n) is 5.96. The second-order valence-corrected chi connectivity index (χ2v) is 7.95. The number of Topliss-reactive ketones (excluding diaryl/α,β-unsaturated/α-hetero) is 2. The molecule has 3 heterocycles. The van der Waals surface area contributed by atoms with Gasteiger partial charge in [0.1, 0.15) is 5.69 Å². The van der Waals surface area contributed by atoms with Crippen molar-refractivity contribution in [2.75, 3.05) is 31.1 Å². The van der Waals surface area contributed by atoms with Gasteiger partial charge in [-0.25, -0.2) is 0 Å². The van der Waals surface area contributed by atoms with Crippen LogP contribution >= 0.6 is 0 Å². The van der Waals surface area contributed by atoms with Gasteiger partial charge in [0.25, 0.3) is 0 Å². The molecular weight excluding hydrogens is 376 g/mol. The molecule has 0 unspecified atom stereocenters. The second kappa shape index (κ2) is 8.88. The SMILES string of the molecule is CCC(=O)c1ccc(N2CCN(Cc3cnc4c(c3)CC(=O)C(CC)=C4)CC2)cn1. The van der Waals surface area contributed by atoms with Crippen LogP contribution in [0.2, 0.25) is 0 Å². The highest BCUT2D eigenvalue weighted by Crippen LogP contribution is 2.23. The molecule has 1 saturated heterocycles. The Hall–Kier alpha value is -2.86. The number of ketones is 2. The van der Waals surface area contributed by atoms with E-state index in [0.29, 0.717) is 18.5 Å². The van der Waals surface area contributed by atoms with Gasteiger partial charge in [-0.3, -0.25) is 24.5 Å². The lowest BCUT2D eigenvalue weighted by Crippen LogP contribution is -2.46. The molecule has 2 aliphatic rings. The lowest BCUT2D eigenvalue weighted by molar-refractivity contribution is -0.115. The zero-order valence-corrected chi connectivity index (χ0v) is 17.7. The molecule has 0 saturated carbocycles. The smallest absolute Gasteiger partial charge is 0.180 e. The van der Waals surface area contributed by atoms with Crippen LogP contribution in [0.1, 0.15) is 54.0 Å². The summed E-state index contributed by atoms with van der Waals surface area (Å²) in [6, 6.07) is 5.96. The van der Waals surface area contributed by atoms with E-state index in [-0.39, 0.29) is 11.6 Å². The van der Waals surface area contributed by atoms with E-state index < -0.39 is 0 Å². The molecule has 0 amide bonds. The highest BCUT2D eigenvalue weighted by Gasteiger charge is 2.21. The van der Waals surface area contributed by atoms with Gasteiger partial charge in [-0.1, -0.05) is 19.9 Å². The fraction of sp³-hybridized carbons (Fsp3) is 0.417. The first kappa shape index (κ1) is 20.4. The molecular formula is C24H28N4O2. The minimum absolute atomic E-state index is 0.0770. The van der Waals surface area contributed by atoms with Crippen molar-refractivity contribution in [1.29, 1.82) is 0 Å². The Morgan fingerprint density at radius 2 is 1.87 bits per heavy atom.